The molecule has 7 nitrogen and oxygen atoms in total. The van der Waals surface area contributed by atoms with Crippen molar-refractivity contribution in [2.75, 3.05) is 19.0 Å². The molecule has 0 aliphatic carbocycles. The van der Waals surface area contributed by atoms with Gasteiger partial charge in [-0.25, -0.2) is 0 Å². The number of H-pyrrole nitrogens is 1. The van der Waals surface area contributed by atoms with Crippen LogP contribution in [0.1, 0.15) is 36.6 Å². The Hall–Kier alpha value is -3.27. The van der Waals surface area contributed by atoms with E-state index in [0.29, 0.717) is 22.7 Å². The third kappa shape index (κ3) is 4.02. The first-order valence-corrected chi connectivity index (χ1v) is 9.73. The SMILES string of the molecule is COc1cc(C(C)C)nc2ccc(C3(N)NC(=NCC(F)(F)F)c4cc[nH]c4N3)cc12. The molecule has 5 N–H and O–H groups in total. The molecule has 1 aromatic carbocycles. The van der Waals surface area contributed by atoms with Crippen molar-refractivity contribution in [3.05, 3.63) is 53.3 Å². The van der Waals surface area contributed by atoms with Gasteiger partial charge in [-0.05, 0) is 24.1 Å². The normalized spacial score (nSPS) is 19.9. The van der Waals surface area contributed by atoms with E-state index >= 15 is 0 Å². The molecule has 0 fully saturated rings. The number of benzene rings is 1. The molecule has 0 saturated heterocycles. The number of nitrogens with two attached hydrogens (primary N) is 1. The lowest BCUT2D eigenvalue weighted by Crippen LogP contribution is -2.61. The molecule has 10 heteroatoms. The summed E-state index contributed by atoms with van der Waals surface area (Å²) in [7, 11) is 1.58. The van der Waals surface area contributed by atoms with Crippen molar-refractivity contribution in [3.8, 4) is 5.75 Å². The number of rotatable bonds is 4. The van der Waals surface area contributed by atoms with Gasteiger partial charge >= 0.3 is 6.18 Å². The average Bonchev–Trinajstić information content (AvgIpc) is 3.18. The van der Waals surface area contributed by atoms with Gasteiger partial charge in [0.2, 0.25) is 0 Å². The zero-order chi connectivity index (χ0) is 22.4. The predicted molar refractivity (Wildman–Crippen MR) is 113 cm³/mol. The monoisotopic (exact) mass is 432 g/mol. The van der Waals surface area contributed by atoms with Crippen molar-refractivity contribution in [2.45, 2.75) is 31.7 Å². The van der Waals surface area contributed by atoms with E-state index in [9.17, 15) is 13.2 Å². The number of halogens is 3. The Morgan fingerprint density at radius 3 is 2.65 bits per heavy atom. The van der Waals surface area contributed by atoms with Crippen LogP contribution in [0.25, 0.3) is 10.9 Å². The fourth-order valence-electron chi connectivity index (χ4n) is 3.51. The lowest BCUT2D eigenvalue weighted by molar-refractivity contribution is -0.118. The lowest BCUT2D eigenvalue weighted by atomic mass is 10.0. The number of amidine groups is 1. The second-order valence-corrected chi connectivity index (χ2v) is 7.74. The summed E-state index contributed by atoms with van der Waals surface area (Å²) in [5, 5.41) is 6.78. The number of aliphatic imine (C=N–C) groups is 1. The molecule has 4 rings (SSSR count). The molecule has 3 aromatic rings. The molecule has 0 amide bonds. The maximum atomic E-state index is 12.8. The van der Waals surface area contributed by atoms with E-state index in [1.165, 1.54) is 0 Å². The van der Waals surface area contributed by atoms with Crippen LogP contribution in [0.3, 0.4) is 0 Å². The summed E-state index contributed by atoms with van der Waals surface area (Å²) in [6, 6.07) is 8.90. The molecule has 164 valence electrons. The fraction of sp³-hybridized carbons (Fsp3) is 0.333. The maximum Gasteiger partial charge on any atom is 0.408 e. The van der Waals surface area contributed by atoms with E-state index in [2.05, 4.69) is 25.6 Å². The van der Waals surface area contributed by atoms with Crippen LogP contribution in [0.4, 0.5) is 19.0 Å². The van der Waals surface area contributed by atoms with Gasteiger partial charge < -0.3 is 20.4 Å². The van der Waals surface area contributed by atoms with Crippen molar-refractivity contribution in [2.24, 2.45) is 10.7 Å². The molecule has 1 atom stereocenters. The fourth-order valence-corrected chi connectivity index (χ4v) is 3.51. The highest BCUT2D eigenvalue weighted by Crippen LogP contribution is 2.33. The number of fused-ring (bicyclic) bond motifs is 2. The molecule has 31 heavy (non-hydrogen) atoms. The Bertz CT molecular complexity index is 1150. The number of hydrogen-bond donors (Lipinski definition) is 4. The highest BCUT2D eigenvalue weighted by molar-refractivity contribution is 6.05. The minimum atomic E-state index is -4.43. The van der Waals surface area contributed by atoms with Gasteiger partial charge in [0, 0.05) is 28.9 Å². The first-order valence-electron chi connectivity index (χ1n) is 9.73. The Labute approximate surface area is 176 Å². The first kappa shape index (κ1) is 21.0. The highest BCUT2D eigenvalue weighted by Gasteiger charge is 2.36. The molecule has 0 saturated carbocycles. The largest absolute Gasteiger partial charge is 0.496 e. The van der Waals surface area contributed by atoms with Crippen LogP contribution < -0.4 is 21.1 Å². The van der Waals surface area contributed by atoms with E-state index in [1.54, 1.807) is 31.5 Å². The molecule has 0 radical (unpaired) electrons. The summed E-state index contributed by atoms with van der Waals surface area (Å²) < 4.78 is 43.9. The smallest absolute Gasteiger partial charge is 0.408 e. The van der Waals surface area contributed by atoms with Crippen LogP contribution in [0.5, 0.6) is 5.75 Å². The van der Waals surface area contributed by atoms with E-state index in [-0.39, 0.29) is 11.8 Å². The number of nitrogens with zero attached hydrogens (tertiary/aromatic N) is 2. The van der Waals surface area contributed by atoms with Crippen molar-refractivity contribution in [1.29, 1.82) is 0 Å². The summed E-state index contributed by atoms with van der Waals surface area (Å²) in [5.41, 5.74) is 9.27. The summed E-state index contributed by atoms with van der Waals surface area (Å²) in [6.45, 7) is 2.77. The summed E-state index contributed by atoms with van der Waals surface area (Å²) >= 11 is 0. The van der Waals surface area contributed by atoms with Gasteiger partial charge in [0.1, 0.15) is 23.9 Å². The second kappa shape index (κ2) is 7.45. The van der Waals surface area contributed by atoms with Crippen LogP contribution in [0.2, 0.25) is 0 Å². The number of ether oxygens (including phenoxy) is 1. The number of hydrogen-bond acceptors (Lipinski definition) is 5. The van der Waals surface area contributed by atoms with E-state index < -0.39 is 18.5 Å². The molecule has 1 unspecified atom stereocenters. The van der Waals surface area contributed by atoms with Gasteiger partial charge in [-0.3, -0.25) is 15.7 Å². The van der Waals surface area contributed by atoms with Gasteiger partial charge in [-0.1, -0.05) is 19.9 Å². The van der Waals surface area contributed by atoms with Gasteiger partial charge in [-0.2, -0.15) is 13.2 Å². The maximum absolute atomic E-state index is 12.8. The van der Waals surface area contributed by atoms with Crippen LogP contribution in [-0.4, -0.2) is 35.6 Å². The van der Waals surface area contributed by atoms with E-state index in [4.69, 9.17) is 10.5 Å². The number of methoxy groups -OCH3 is 1. The molecule has 0 bridgehead atoms. The van der Waals surface area contributed by atoms with Crippen LogP contribution in [0, 0.1) is 0 Å². The number of aromatic amines is 1. The number of pyridine rings is 1. The Morgan fingerprint density at radius 1 is 1.19 bits per heavy atom. The van der Waals surface area contributed by atoms with Crippen molar-refractivity contribution < 1.29 is 17.9 Å². The first-order chi connectivity index (χ1) is 14.6. The summed E-state index contributed by atoms with van der Waals surface area (Å²) in [5.74, 6) is -0.0172. The van der Waals surface area contributed by atoms with E-state index in [1.807, 2.05) is 26.0 Å². The quantitative estimate of drug-likeness (QED) is 0.503. The van der Waals surface area contributed by atoms with Crippen LogP contribution >= 0.6 is 0 Å². The number of aromatic nitrogens is 2. The standard InChI is InChI=1S/C21H23F3N6O/c1-11(2)16-9-17(31-3)14-8-12(4-5-15(14)28-16)21(25)29-18-13(6-7-26-18)19(30-21)27-10-20(22,23)24/h4-9,11,26,29H,10,25H2,1-3H3,(H,27,30). The van der Waals surface area contributed by atoms with Gasteiger partial charge in [0.05, 0.1) is 18.2 Å². The van der Waals surface area contributed by atoms with Crippen LogP contribution in [0.15, 0.2) is 41.5 Å². The number of nitrogens with one attached hydrogen (secondary N) is 3. The molecular formula is C21H23F3N6O. The Kier molecular flexibility index (Phi) is 5.04. The molecular weight excluding hydrogens is 409 g/mol. The highest BCUT2D eigenvalue weighted by atomic mass is 19.4. The van der Waals surface area contributed by atoms with Gasteiger partial charge in [-0.15, -0.1) is 0 Å². The molecule has 1 aliphatic rings. The van der Waals surface area contributed by atoms with Gasteiger partial charge in [0.25, 0.3) is 0 Å². The van der Waals surface area contributed by atoms with Gasteiger partial charge in [0.15, 0.2) is 5.79 Å². The topological polar surface area (TPSA) is 100 Å². The Morgan fingerprint density at radius 2 is 1.97 bits per heavy atom. The number of alkyl halides is 3. The van der Waals surface area contributed by atoms with Crippen LogP contribution in [-0.2, 0) is 5.79 Å². The third-order valence-corrected chi connectivity index (χ3v) is 5.11. The van der Waals surface area contributed by atoms with Crippen molar-refractivity contribution in [3.63, 3.8) is 0 Å². The average molecular weight is 432 g/mol. The molecule has 3 heterocycles. The molecule has 0 spiro atoms. The van der Waals surface area contributed by atoms with E-state index in [0.717, 1.165) is 16.6 Å². The minimum Gasteiger partial charge on any atom is -0.496 e. The second-order valence-electron chi connectivity index (χ2n) is 7.74. The predicted octanol–water partition coefficient (Wildman–Crippen LogP) is 3.79. The number of anilines is 1. The van der Waals surface area contributed by atoms with Crippen molar-refractivity contribution >= 4 is 22.6 Å². The summed E-state index contributed by atoms with van der Waals surface area (Å²) in [6.07, 6.45) is -2.82. The third-order valence-electron chi connectivity index (χ3n) is 5.11. The lowest BCUT2D eigenvalue weighted by Gasteiger charge is -2.38. The zero-order valence-corrected chi connectivity index (χ0v) is 17.3. The van der Waals surface area contributed by atoms with Crippen molar-refractivity contribution in [1.82, 2.24) is 15.3 Å². The molecule has 1 aliphatic heterocycles. The minimum absolute atomic E-state index is 0.0511. The Balaban J connectivity index is 1.78. The molecule has 2 aromatic heterocycles. The summed E-state index contributed by atoms with van der Waals surface area (Å²) in [4.78, 5) is 11.4. The zero-order valence-electron chi connectivity index (χ0n) is 17.3.